The summed E-state index contributed by atoms with van der Waals surface area (Å²) in [6.07, 6.45) is 0. The maximum atomic E-state index is 11.2. The Balaban J connectivity index is 0. The summed E-state index contributed by atoms with van der Waals surface area (Å²) in [6, 6.07) is 1.82. The van der Waals surface area contributed by atoms with Crippen molar-refractivity contribution in [3.63, 3.8) is 0 Å². The molecule has 0 unspecified atom stereocenters. The molecule has 0 spiro atoms. The lowest BCUT2D eigenvalue weighted by Gasteiger charge is -2.09. The zero-order chi connectivity index (χ0) is 28.3. The van der Waals surface area contributed by atoms with Crippen LogP contribution in [0.1, 0.15) is 20.7 Å². The summed E-state index contributed by atoms with van der Waals surface area (Å²) in [5.41, 5.74) is 1.19. The van der Waals surface area contributed by atoms with Gasteiger partial charge in [-0.15, -0.1) is 0 Å². The molecule has 2 aromatic rings. The molecule has 0 heterocycles. The summed E-state index contributed by atoms with van der Waals surface area (Å²) >= 11 is 0. The number of carboxylic acids is 2. The molecular weight excluding hydrogens is 516 g/mol. The van der Waals surface area contributed by atoms with Crippen LogP contribution in [0.15, 0.2) is 24.3 Å². The lowest BCUT2D eigenvalue weighted by atomic mass is 10.1. The Morgan fingerprint density at radius 3 is 1.08 bits per heavy atom. The van der Waals surface area contributed by atoms with Crippen molar-refractivity contribution in [2.75, 3.05) is 13.1 Å². The van der Waals surface area contributed by atoms with Crippen LogP contribution in [-0.2, 0) is 0 Å². The summed E-state index contributed by atoms with van der Waals surface area (Å²) in [7, 11) is 0. The molecule has 0 saturated heterocycles. The van der Waals surface area contributed by atoms with Crippen LogP contribution in [0, 0.1) is 40.5 Å². The maximum Gasteiger partial charge on any atom is 0.335 e. The highest BCUT2D eigenvalue weighted by Gasteiger charge is 2.22. The van der Waals surface area contributed by atoms with Gasteiger partial charge in [0.15, 0.2) is 0 Å². The number of benzene rings is 2. The lowest BCUT2D eigenvalue weighted by Crippen LogP contribution is -2.64. The molecule has 0 atom stereocenters. The number of non-ortho nitro benzene ring substituents is 2. The van der Waals surface area contributed by atoms with E-state index >= 15 is 0 Å². The van der Waals surface area contributed by atoms with Crippen molar-refractivity contribution in [1.82, 2.24) is 0 Å². The third-order valence-corrected chi connectivity index (χ3v) is 3.63. The van der Waals surface area contributed by atoms with E-state index in [2.05, 4.69) is 11.5 Å². The van der Waals surface area contributed by atoms with Crippen LogP contribution < -0.4 is 21.7 Å². The number of hydrogen-bond donors (Lipinski definition) is 4. The lowest BCUT2D eigenvalue weighted by molar-refractivity contribution is -0.453. The number of carboxylic acid groups (broad SMARTS) is 2. The predicted molar refractivity (Wildman–Crippen MR) is 111 cm³/mol. The van der Waals surface area contributed by atoms with Gasteiger partial charge in [-0.3, -0.25) is 40.5 Å². The summed E-state index contributed by atoms with van der Waals surface area (Å²) in [4.78, 5) is 58.1. The van der Waals surface area contributed by atoms with E-state index in [-0.39, 0.29) is 5.48 Å². The maximum absolute atomic E-state index is 11.2. The van der Waals surface area contributed by atoms with Gasteiger partial charge in [-0.25, -0.2) is 9.59 Å². The third kappa shape index (κ3) is 9.32. The highest BCUT2D eigenvalue weighted by Crippen LogP contribution is 2.33. The number of carbonyl (C=O) groups is 2. The number of nitro benzene ring substituents is 4. The summed E-state index contributed by atoms with van der Waals surface area (Å²) in [5.74, 6) is -6.22. The largest absolute Gasteiger partial charge is 0.867 e. The standard InChI is InChI=1S/2C7H4N2O7.C2H8N2.H2O/c2*10-6-4(7(11)12)1-3(8(13)14)2-5(6)9(15)16;3-1-2-4;/h2*1-2,10H,(H,11,12);1-4H2;1H2. The summed E-state index contributed by atoms with van der Waals surface area (Å²) < 4.78 is 0. The van der Waals surface area contributed by atoms with E-state index in [9.17, 15) is 60.3 Å². The Labute approximate surface area is 202 Å². The van der Waals surface area contributed by atoms with E-state index in [1.807, 2.05) is 0 Å². The van der Waals surface area contributed by atoms with Crippen molar-refractivity contribution in [3.05, 3.63) is 75.8 Å². The Hall–Kier alpha value is -5.54. The van der Waals surface area contributed by atoms with Gasteiger partial charge >= 0.3 is 11.9 Å². The quantitative estimate of drug-likeness (QED) is 0.206. The average molecular weight is 534 g/mol. The van der Waals surface area contributed by atoms with Gasteiger partial charge in [0.05, 0.1) is 43.0 Å². The molecule has 21 heteroatoms. The molecule has 0 radical (unpaired) electrons. The minimum atomic E-state index is -1.75. The van der Waals surface area contributed by atoms with E-state index < -0.39 is 77.0 Å². The first-order valence-electron chi connectivity index (χ1n) is 8.93. The van der Waals surface area contributed by atoms with Crippen molar-refractivity contribution in [2.45, 2.75) is 0 Å². The highest BCUT2D eigenvalue weighted by molar-refractivity contribution is 5.93. The molecule has 0 aliphatic carbocycles. The molecule has 0 aliphatic rings. The third-order valence-electron chi connectivity index (χ3n) is 3.63. The van der Waals surface area contributed by atoms with E-state index in [4.69, 9.17) is 10.2 Å². The van der Waals surface area contributed by atoms with Gasteiger partial charge in [0.1, 0.15) is 13.1 Å². The van der Waals surface area contributed by atoms with Crippen molar-refractivity contribution < 1.29 is 66.7 Å². The second-order valence-corrected chi connectivity index (χ2v) is 6.03. The normalized spacial score (nSPS) is 9.24. The van der Waals surface area contributed by atoms with Gasteiger partial charge in [-0.1, -0.05) is 0 Å². The first-order valence-corrected chi connectivity index (χ1v) is 8.93. The molecule has 2 rings (SSSR count). The van der Waals surface area contributed by atoms with Crippen LogP contribution in [0.25, 0.3) is 0 Å². The smallest absolute Gasteiger partial charge is 0.335 e. The van der Waals surface area contributed by atoms with Crippen LogP contribution in [0.2, 0.25) is 0 Å². The molecule has 21 nitrogen and oxygen atoms in total. The predicted octanol–water partition coefficient (Wildman–Crippen LogP) is -2.80. The first-order chi connectivity index (χ1) is 16.6. The minimum absolute atomic E-state index is 0. The van der Waals surface area contributed by atoms with E-state index in [1.165, 1.54) is 0 Å². The van der Waals surface area contributed by atoms with Gasteiger partial charge in [-0.2, -0.15) is 0 Å². The topological polar surface area (TPSA) is 380 Å². The van der Waals surface area contributed by atoms with E-state index in [0.717, 1.165) is 13.1 Å². The van der Waals surface area contributed by atoms with Crippen molar-refractivity contribution in [2.24, 2.45) is 0 Å². The van der Waals surface area contributed by atoms with E-state index in [1.54, 1.807) is 0 Å². The van der Waals surface area contributed by atoms with Gasteiger partial charge in [0.25, 0.3) is 22.7 Å². The molecule has 10 N–H and O–H groups in total. The number of nitro groups is 4. The van der Waals surface area contributed by atoms with Crippen LogP contribution in [0.5, 0.6) is 11.5 Å². The average Bonchev–Trinajstić information content (AvgIpc) is 2.78. The van der Waals surface area contributed by atoms with Crippen LogP contribution >= 0.6 is 0 Å². The molecule has 0 bridgehead atoms. The van der Waals surface area contributed by atoms with Crippen LogP contribution in [-0.4, -0.2) is 60.4 Å². The number of rotatable bonds is 7. The van der Waals surface area contributed by atoms with Crippen molar-refractivity contribution in [1.29, 1.82) is 0 Å². The van der Waals surface area contributed by atoms with E-state index in [0.29, 0.717) is 24.3 Å². The molecule has 202 valence electrons. The highest BCUT2D eigenvalue weighted by atomic mass is 16.6. The minimum Gasteiger partial charge on any atom is -0.867 e. The van der Waals surface area contributed by atoms with Gasteiger partial charge in [-0.05, 0) is 11.5 Å². The molecule has 0 saturated carbocycles. The molecule has 2 aromatic carbocycles. The zero-order valence-corrected chi connectivity index (χ0v) is 18.2. The molecule has 0 amide bonds. The zero-order valence-electron chi connectivity index (χ0n) is 18.2. The fourth-order valence-electron chi connectivity index (χ4n) is 2.00. The summed E-state index contributed by atoms with van der Waals surface area (Å²) in [5, 5.41) is 80.9. The molecule has 37 heavy (non-hydrogen) atoms. The molecule has 0 aliphatic heterocycles. The Morgan fingerprint density at radius 1 is 0.649 bits per heavy atom. The fraction of sp³-hybridized carbons (Fsp3) is 0.125. The molecule has 0 fully saturated rings. The number of aromatic carboxylic acids is 2. The molecular formula is C16H18N6O15. The van der Waals surface area contributed by atoms with Crippen molar-refractivity contribution >= 4 is 34.7 Å². The fourth-order valence-corrected chi connectivity index (χ4v) is 2.00. The Kier molecular flexibility index (Phi) is 13.3. The van der Waals surface area contributed by atoms with Crippen molar-refractivity contribution in [3.8, 4) is 11.5 Å². The monoisotopic (exact) mass is 534 g/mol. The second-order valence-electron chi connectivity index (χ2n) is 6.03. The van der Waals surface area contributed by atoms with Gasteiger partial charge < -0.3 is 37.4 Å². The van der Waals surface area contributed by atoms with Crippen LogP contribution in [0.3, 0.4) is 0 Å². The number of quaternary nitrogens is 2. The SMILES string of the molecule is O.O=C(O)c1cc([N+](=O)[O-])cc([N+](=O)[O-])c1[O-].O=C(O)c1cc([N+](=O)[O-])cc([N+](=O)[O-])c1[O-].[NH3+]CC[NH3+]. The van der Waals surface area contributed by atoms with Gasteiger partial charge in [0, 0.05) is 12.1 Å². The molecule has 0 aromatic heterocycles. The second kappa shape index (κ2) is 14.7. The number of nitrogens with zero attached hydrogens (tertiary/aromatic N) is 4. The first kappa shape index (κ1) is 33.6. The summed E-state index contributed by atoms with van der Waals surface area (Å²) in [6.45, 7) is 1.92. The Bertz CT molecular complexity index is 1050. The van der Waals surface area contributed by atoms with Crippen LogP contribution in [0.4, 0.5) is 22.7 Å². The van der Waals surface area contributed by atoms with Gasteiger partial charge in [0.2, 0.25) is 0 Å². The Morgan fingerprint density at radius 2 is 0.919 bits per heavy atom. The number of hydrogen-bond acceptors (Lipinski definition) is 12.